The zero-order chi connectivity index (χ0) is 15.7. The van der Waals surface area contributed by atoms with E-state index in [2.05, 4.69) is 20.7 Å². The highest BCUT2D eigenvalue weighted by molar-refractivity contribution is 7.87. The van der Waals surface area contributed by atoms with E-state index in [1.54, 1.807) is 12.1 Å². The van der Waals surface area contributed by atoms with Crippen molar-refractivity contribution in [3.8, 4) is 11.4 Å². The van der Waals surface area contributed by atoms with Gasteiger partial charge < -0.3 is 8.71 Å². The summed E-state index contributed by atoms with van der Waals surface area (Å²) in [7, 11) is -4.03. The Bertz CT molecular complexity index is 882. The van der Waals surface area contributed by atoms with Crippen molar-refractivity contribution < 1.29 is 17.1 Å². The van der Waals surface area contributed by atoms with Crippen LogP contribution in [0.5, 0.6) is 5.75 Å². The van der Waals surface area contributed by atoms with Gasteiger partial charge in [-0.15, -0.1) is 5.10 Å². The largest absolute Gasteiger partial charge is 0.379 e. The fourth-order valence-corrected chi connectivity index (χ4v) is 3.19. The van der Waals surface area contributed by atoms with E-state index in [1.807, 2.05) is 0 Å². The van der Waals surface area contributed by atoms with E-state index >= 15 is 0 Å². The van der Waals surface area contributed by atoms with E-state index < -0.39 is 10.1 Å². The van der Waals surface area contributed by atoms with Crippen molar-refractivity contribution in [3.05, 3.63) is 42.0 Å². The van der Waals surface area contributed by atoms with Crippen molar-refractivity contribution in [1.29, 1.82) is 0 Å². The molecule has 0 N–H and O–H groups in total. The van der Waals surface area contributed by atoms with Crippen molar-refractivity contribution in [3.63, 3.8) is 0 Å². The van der Waals surface area contributed by atoms with Crippen LogP contribution in [0.4, 0.5) is 0 Å². The smallest absolute Gasteiger partial charge is 0.344 e. The van der Waals surface area contributed by atoms with Gasteiger partial charge in [0.2, 0.25) is 0 Å². The second-order valence-corrected chi connectivity index (χ2v) is 5.93. The summed E-state index contributed by atoms with van der Waals surface area (Å²) in [5.74, 6) is 0.308. The molecule has 0 unspecified atom stereocenters. The highest BCUT2D eigenvalue weighted by Crippen LogP contribution is 2.25. The first-order valence-electron chi connectivity index (χ1n) is 6.18. The van der Waals surface area contributed by atoms with Gasteiger partial charge in [0.05, 0.1) is 5.69 Å². The molecular weight excluding hydrogens is 310 g/mol. The van der Waals surface area contributed by atoms with E-state index in [-0.39, 0.29) is 22.1 Å². The van der Waals surface area contributed by atoms with Gasteiger partial charge in [-0.05, 0) is 36.4 Å². The van der Waals surface area contributed by atoms with E-state index in [9.17, 15) is 8.42 Å². The number of rotatable bonds is 4. The van der Waals surface area contributed by atoms with Gasteiger partial charge in [-0.1, -0.05) is 11.2 Å². The first-order chi connectivity index (χ1) is 10.5. The fourth-order valence-electron chi connectivity index (χ4n) is 1.96. The lowest BCUT2D eigenvalue weighted by Crippen LogP contribution is -2.11. The van der Waals surface area contributed by atoms with Crippen molar-refractivity contribution >= 4 is 10.1 Å². The predicted octanol–water partition coefficient (Wildman–Crippen LogP) is 1.03. The van der Waals surface area contributed by atoms with Crippen LogP contribution in [-0.4, -0.2) is 33.8 Å². The number of nitrogens with zero attached hydrogens (tertiary/aromatic N) is 5. The van der Waals surface area contributed by atoms with Crippen molar-refractivity contribution in [2.24, 2.45) is 0 Å². The normalized spacial score (nSPS) is 11.5. The first kappa shape index (κ1) is 14.2. The summed E-state index contributed by atoms with van der Waals surface area (Å²) in [4.78, 5) is -0.0691. The summed E-state index contributed by atoms with van der Waals surface area (Å²) < 4.78 is 36.0. The Kier molecular flexibility index (Phi) is 3.37. The number of tetrazole rings is 1. The minimum Gasteiger partial charge on any atom is -0.379 e. The Balaban J connectivity index is 1.95. The van der Waals surface area contributed by atoms with Crippen LogP contribution in [0.15, 0.2) is 40.0 Å². The lowest BCUT2D eigenvalue weighted by atomic mass is 10.3. The van der Waals surface area contributed by atoms with E-state index in [4.69, 9.17) is 8.71 Å². The lowest BCUT2D eigenvalue weighted by molar-refractivity contribution is 0.390. The number of aryl methyl sites for hydroxylation is 2. The molecule has 0 fully saturated rings. The molecule has 0 aliphatic carbocycles. The van der Waals surface area contributed by atoms with E-state index in [0.29, 0.717) is 5.69 Å². The molecule has 0 saturated heterocycles. The number of hydrogen-bond acceptors (Lipinski definition) is 8. The molecule has 2 aromatic heterocycles. The van der Waals surface area contributed by atoms with Crippen molar-refractivity contribution in [2.75, 3.05) is 0 Å². The topological polar surface area (TPSA) is 113 Å². The number of aromatic nitrogens is 5. The molecule has 9 nitrogen and oxygen atoms in total. The maximum atomic E-state index is 12.3. The van der Waals surface area contributed by atoms with Crippen LogP contribution in [0.1, 0.15) is 11.5 Å². The third-order valence-electron chi connectivity index (χ3n) is 2.85. The van der Waals surface area contributed by atoms with Gasteiger partial charge in [-0.2, -0.15) is 8.42 Å². The molecule has 3 aromatic rings. The third-order valence-corrected chi connectivity index (χ3v) is 4.35. The van der Waals surface area contributed by atoms with Gasteiger partial charge in [0.1, 0.15) is 17.8 Å². The molecule has 0 amide bonds. The molecule has 2 heterocycles. The minimum absolute atomic E-state index is 0.0691. The Labute approximate surface area is 125 Å². The molecule has 0 bridgehead atoms. The zero-order valence-corrected chi connectivity index (χ0v) is 12.5. The summed E-state index contributed by atoms with van der Waals surface area (Å²) >= 11 is 0. The van der Waals surface area contributed by atoms with Gasteiger partial charge in [-0.3, -0.25) is 0 Å². The van der Waals surface area contributed by atoms with Crippen LogP contribution >= 0.6 is 0 Å². The van der Waals surface area contributed by atoms with Crippen LogP contribution < -0.4 is 4.18 Å². The predicted molar refractivity (Wildman–Crippen MR) is 72.9 cm³/mol. The first-order valence-corrected chi connectivity index (χ1v) is 7.59. The Morgan fingerprint density at radius 3 is 2.73 bits per heavy atom. The van der Waals surface area contributed by atoms with Gasteiger partial charge in [-0.25, -0.2) is 4.68 Å². The summed E-state index contributed by atoms with van der Waals surface area (Å²) in [6, 6.07) is 6.37. The highest BCUT2D eigenvalue weighted by atomic mass is 32.2. The molecule has 114 valence electrons. The molecule has 1 aromatic carbocycles. The highest BCUT2D eigenvalue weighted by Gasteiger charge is 2.26. The fraction of sp³-hybridized carbons (Fsp3) is 0.167. The Hall–Kier alpha value is -2.75. The third kappa shape index (κ3) is 2.55. The van der Waals surface area contributed by atoms with E-state index in [0.717, 1.165) is 0 Å². The Morgan fingerprint density at radius 2 is 2.09 bits per heavy atom. The molecule has 22 heavy (non-hydrogen) atoms. The molecule has 0 spiro atoms. The molecule has 0 radical (unpaired) electrons. The molecule has 3 rings (SSSR count). The van der Waals surface area contributed by atoms with Crippen molar-refractivity contribution in [2.45, 2.75) is 18.7 Å². The summed E-state index contributed by atoms with van der Waals surface area (Å²) in [6.07, 6.45) is 1.39. The molecule has 0 aliphatic rings. The monoisotopic (exact) mass is 321 g/mol. The van der Waals surface area contributed by atoms with Gasteiger partial charge in [0, 0.05) is 6.07 Å². The van der Waals surface area contributed by atoms with Gasteiger partial charge in [0.15, 0.2) is 10.7 Å². The number of hydrogen-bond donors (Lipinski definition) is 0. The summed E-state index contributed by atoms with van der Waals surface area (Å²) in [5.41, 5.74) is 0.811. The standard InChI is InChI=1S/C12H11N5O4S/c1-8-12(9(2)20-14-8)22(18,19)21-11-5-3-4-10(6-11)17-7-13-15-16-17/h3-7H,1-2H3. The molecule has 10 heteroatoms. The van der Waals surface area contributed by atoms with Gasteiger partial charge >= 0.3 is 10.1 Å². The maximum Gasteiger partial charge on any atom is 0.344 e. The minimum atomic E-state index is -4.03. The zero-order valence-electron chi connectivity index (χ0n) is 11.7. The average molecular weight is 321 g/mol. The van der Waals surface area contributed by atoms with Crippen LogP contribution in [-0.2, 0) is 10.1 Å². The molecule has 0 atom stereocenters. The second-order valence-electron chi connectivity index (χ2n) is 4.44. The summed E-state index contributed by atoms with van der Waals surface area (Å²) in [5, 5.41) is 14.4. The lowest BCUT2D eigenvalue weighted by Gasteiger charge is -2.07. The molecule has 0 aliphatic heterocycles. The van der Waals surface area contributed by atoms with Crippen LogP contribution in [0, 0.1) is 13.8 Å². The molecule has 0 saturated carbocycles. The van der Waals surface area contributed by atoms with Crippen molar-refractivity contribution in [1.82, 2.24) is 25.4 Å². The molecular formula is C12H11N5O4S. The SMILES string of the molecule is Cc1noc(C)c1S(=O)(=O)Oc1cccc(-n2cnnn2)c1. The van der Waals surface area contributed by atoms with E-state index in [1.165, 1.54) is 37.0 Å². The summed E-state index contributed by atoms with van der Waals surface area (Å²) in [6.45, 7) is 3.04. The van der Waals surface area contributed by atoms with Crippen LogP contribution in [0.25, 0.3) is 5.69 Å². The van der Waals surface area contributed by atoms with Crippen LogP contribution in [0.3, 0.4) is 0 Å². The average Bonchev–Trinajstić information content (AvgIpc) is 3.09. The Morgan fingerprint density at radius 1 is 1.27 bits per heavy atom. The quantitative estimate of drug-likeness (QED) is 0.655. The maximum absolute atomic E-state index is 12.3. The number of benzene rings is 1. The van der Waals surface area contributed by atoms with Crippen LogP contribution in [0.2, 0.25) is 0 Å². The van der Waals surface area contributed by atoms with Gasteiger partial charge in [0.25, 0.3) is 0 Å². The second kappa shape index (κ2) is 5.22.